The summed E-state index contributed by atoms with van der Waals surface area (Å²) >= 11 is 0. The van der Waals surface area contributed by atoms with E-state index in [1.165, 1.54) is 0 Å². The Morgan fingerprint density at radius 2 is 1.64 bits per heavy atom. The van der Waals surface area contributed by atoms with Crippen LogP contribution in [0.25, 0.3) is 0 Å². The fraction of sp³-hybridized carbons (Fsp3) is 0.455. The molecule has 1 amide bonds. The van der Waals surface area contributed by atoms with E-state index in [0.717, 1.165) is 42.7 Å². The van der Waals surface area contributed by atoms with Crippen LogP contribution in [0.5, 0.6) is 11.5 Å². The predicted octanol–water partition coefficient (Wildman–Crippen LogP) is 3.13. The first-order valence-electron chi connectivity index (χ1n) is 9.81. The summed E-state index contributed by atoms with van der Waals surface area (Å²) in [5.74, 6) is 1.15. The zero-order valence-corrected chi connectivity index (χ0v) is 17.1. The average molecular weight is 383 g/mol. The Hall–Kier alpha value is -2.60. The van der Waals surface area contributed by atoms with Gasteiger partial charge in [-0.05, 0) is 67.0 Å². The summed E-state index contributed by atoms with van der Waals surface area (Å²) in [5, 5.41) is 3.21. The van der Waals surface area contributed by atoms with Gasteiger partial charge in [-0.2, -0.15) is 0 Å². The number of nitrogens with zero attached hydrogens (tertiary/aromatic N) is 2. The maximum atomic E-state index is 13.1. The predicted molar refractivity (Wildman–Crippen MR) is 109 cm³/mol. The summed E-state index contributed by atoms with van der Waals surface area (Å²) in [7, 11) is 3.25. The molecule has 28 heavy (non-hydrogen) atoms. The van der Waals surface area contributed by atoms with E-state index in [1.54, 1.807) is 26.6 Å². The molecular formula is C22H29N3O3. The lowest BCUT2D eigenvalue weighted by atomic mass is 9.81. The molecule has 1 aliphatic heterocycles. The summed E-state index contributed by atoms with van der Waals surface area (Å²) in [4.78, 5) is 19.5. The molecule has 0 saturated heterocycles. The van der Waals surface area contributed by atoms with E-state index in [4.69, 9.17) is 9.47 Å². The van der Waals surface area contributed by atoms with Crippen LogP contribution in [-0.2, 0) is 4.79 Å². The van der Waals surface area contributed by atoms with E-state index in [-0.39, 0.29) is 17.9 Å². The van der Waals surface area contributed by atoms with Gasteiger partial charge in [0.25, 0.3) is 0 Å². The van der Waals surface area contributed by atoms with Gasteiger partial charge in [-0.3, -0.25) is 9.78 Å². The lowest BCUT2D eigenvalue weighted by molar-refractivity contribution is -0.124. The molecule has 6 nitrogen and oxygen atoms in total. The van der Waals surface area contributed by atoms with Crippen LogP contribution >= 0.6 is 0 Å². The molecule has 2 aromatic rings. The minimum Gasteiger partial charge on any atom is -0.493 e. The zero-order chi connectivity index (χ0) is 20.1. The van der Waals surface area contributed by atoms with E-state index in [1.807, 2.05) is 24.3 Å². The van der Waals surface area contributed by atoms with Crippen LogP contribution in [0.2, 0.25) is 0 Å². The van der Waals surface area contributed by atoms with E-state index >= 15 is 0 Å². The number of carbonyl (C=O) groups excluding carboxylic acids is 1. The molecule has 1 aromatic carbocycles. The summed E-state index contributed by atoms with van der Waals surface area (Å²) in [6, 6.07) is 7.59. The van der Waals surface area contributed by atoms with Crippen molar-refractivity contribution in [3.63, 3.8) is 0 Å². The van der Waals surface area contributed by atoms with Crippen LogP contribution < -0.4 is 14.8 Å². The highest BCUT2D eigenvalue weighted by Crippen LogP contribution is 2.42. The molecule has 2 unspecified atom stereocenters. The van der Waals surface area contributed by atoms with Crippen molar-refractivity contribution < 1.29 is 14.3 Å². The van der Waals surface area contributed by atoms with Gasteiger partial charge in [0.1, 0.15) is 0 Å². The Morgan fingerprint density at radius 1 is 1.04 bits per heavy atom. The van der Waals surface area contributed by atoms with Gasteiger partial charge in [0.2, 0.25) is 5.91 Å². The Balaban J connectivity index is 2.04. The second-order valence-electron chi connectivity index (χ2n) is 6.93. The lowest BCUT2D eigenvalue weighted by Crippen LogP contribution is -2.40. The average Bonchev–Trinajstić information content (AvgIpc) is 2.74. The number of rotatable bonds is 8. The molecule has 0 radical (unpaired) electrons. The van der Waals surface area contributed by atoms with Crippen LogP contribution in [-0.4, -0.2) is 49.6 Å². The van der Waals surface area contributed by atoms with Crippen molar-refractivity contribution in [1.29, 1.82) is 0 Å². The third-order valence-electron chi connectivity index (χ3n) is 5.55. The normalized spacial score (nSPS) is 18.5. The molecule has 0 saturated carbocycles. The molecule has 0 fully saturated rings. The van der Waals surface area contributed by atoms with Crippen molar-refractivity contribution in [1.82, 2.24) is 15.2 Å². The second-order valence-corrected chi connectivity index (χ2v) is 6.93. The highest BCUT2D eigenvalue weighted by Gasteiger charge is 2.35. The molecule has 0 spiro atoms. The highest BCUT2D eigenvalue weighted by atomic mass is 16.5. The maximum absolute atomic E-state index is 13.1. The third-order valence-corrected chi connectivity index (χ3v) is 5.55. The first-order valence-corrected chi connectivity index (χ1v) is 9.81. The molecule has 0 aliphatic carbocycles. The molecular weight excluding hydrogens is 354 g/mol. The summed E-state index contributed by atoms with van der Waals surface area (Å²) in [6.07, 6.45) is 4.25. The van der Waals surface area contributed by atoms with Gasteiger partial charge in [-0.1, -0.05) is 13.8 Å². The number of aromatic nitrogens is 1. The van der Waals surface area contributed by atoms with E-state index in [0.29, 0.717) is 11.5 Å². The van der Waals surface area contributed by atoms with Gasteiger partial charge in [-0.15, -0.1) is 0 Å². The summed E-state index contributed by atoms with van der Waals surface area (Å²) < 4.78 is 11.0. The molecule has 1 aliphatic rings. The number of amides is 1. The fourth-order valence-corrected chi connectivity index (χ4v) is 3.88. The minimum atomic E-state index is -0.227. The van der Waals surface area contributed by atoms with Crippen molar-refractivity contribution in [2.45, 2.75) is 32.2 Å². The molecule has 2 heterocycles. The maximum Gasteiger partial charge on any atom is 0.228 e. The van der Waals surface area contributed by atoms with Gasteiger partial charge >= 0.3 is 0 Å². The fourth-order valence-electron chi connectivity index (χ4n) is 3.88. The quantitative estimate of drug-likeness (QED) is 0.759. The number of hydrogen-bond acceptors (Lipinski definition) is 5. The number of fused-ring (bicyclic) bond motifs is 1. The van der Waals surface area contributed by atoms with Gasteiger partial charge in [-0.25, -0.2) is 0 Å². The molecule has 0 bridgehead atoms. The van der Waals surface area contributed by atoms with Crippen LogP contribution in [0, 0.1) is 0 Å². The van der Waals surface area contributed by atoms with Gasteiger partial charge < -0.3 is 19.7 Å². The van der Waals surface area contributed by atoms with Crippen molar-refractivity contribution in [3.8, 4) is 11.5 Å². The molecule has 1 aromatic heterocycles. The Labute approximate surface area is 166 Å². The number of nitrogens with one attached hydrogen (secondary N) is 1. The van der Waals surface area contributed by atoms with Crippen molar-refractivity contribution in [2.24, 2.45) is 0 Å². The molecule has 150 valence electrons. The molecule has 3 rings (SSSR count). The molecule has 1 N–H and O–H groups in total. The molecule has 2 atom stereocenters. The Kier molecular flexibility index (Phi) is 6.52. The first-order chi connectivity index (χ1) is 13.6. The van der Waals surface area contributed by atoms with Crippen molar-refractivity contribution >= 4 is 5.91 Å². The van der Waals surface area contributed by atoms with Crippen LogP contribution in [0.1, 0.15) is 48.9 Å². The number of ether oxygens (including phenoxy) is 2. The van der Waals surface area contributed by atoms with Crippen LogP contribution in [0.3, 0.4) is 0 Å². The zero-order valence-electron chi connectivity index (χ0n) is 17.1. The van der Waals surface area contributed by atoms with Crippen molar-refractivity contribution in [3.05, 3.63) is 53.3 Å². The highest BCUT2D eigenvalue weighted by molar-refractivity contribution is 5.87. The third kappa shape index (κ3) is 3.97. The van der Waals surface area contributed by atoms with E-state index in [9.17, 15) is 4.79 Å². The lowest BCUT2D eigenvalue weighted by Gasteiger charge is -2.34. The van der Waals surface area contributed by atoms with Crippen molar-refractivity contribution in [2.75, 3.05) is 33.9 Å². The first kappa shape index (κ1) is 20.1. The smallest absolute Gasteiger partial charge is 0.228 e. The van der Waals surface area contributed by atoms with Gasteiger partial charge in [0.15, 0.2) is 11.5 Å². The van der Waals surface area contributed by atoms with E-state index < -0.39 is 0 Å². The van der Waals surface area contributed by atoms with Gasteiger partial charge in [0.05, 0.1) is 26.2 Å². The number of hydrogen-bond donors (Lipinski definition) is 1. The Bertz CT molecular complexity index is 806. The SMILES string of the molecule is CCN(CC)CCC1C(=O)NC(c2ccncc2)c2cc(OC)c(OC)cc21. The number of pyridine rings is 1. The topological polar surface area (TPSA) is 63.7 Å². The van der Waals surface area contributed by atoms with Crippen LogP contribution in [0.4, 0.5) is 0 Å². The van der Waals surface area contributed by atoms with Crippen LogP contribution in [0.15, 0.2) is 36.7 Å². The summed E-state index contributed by atoms with van der Waals surface area (Å²) in [5.41, 5.74) is 3.06. The Morgan fingerprint density at radius 3 is 2.21 bits per heavy atom. The van der Waals surface area contributed by atoms with E-state index in [2.05, 4.69) is 29.0 Å². The second kappa shape index (κ2) is 9.06. The molecule has 6 heteroatoms. The van der Waals surface area contributed by atoms with Gasteiger partial charge in [0, 0.05) is 12.4 Å². The number of benzene rings is 1. The summed E-state index contributed by atoms with van der Waals surface area (Å²) in [6.45, 7) is 7.11. The number of methoxy groups -OCH3 is 2. The monoisotopic (exact) mass is 383 g/mol. The standard InChI is InChI=1S/C22H29N3O3/c1-5-25(6-2)12-9-16-17-13-19(27-3)20(28-4)14-18(17)21(24-22(16)26)15-7-10-23-11-8-15/h7-8,10-11,13-14,16,21H,5-6,9,12H2,1-4H3,(H,24,26). The largest absolute Gasteiger partial charge is 0.493 e. The number of carbonyl (C=O) groups is 1. The minimum absolute atomic E-state index is 0.0497.